The van der Waals surface area contributed by atoms with Gasteiger partial charge in [0.1, 0.15) is 5.82 Å². The van der Waals surface area contributed by atoms with Crippen molar-refractivity contribution in [1.29, 1.82) is 0 Å². The summed E-state index contributed by atoms with van der Waals surface area (Å²) >= 11 is 0. The maximum Gasteiger partial charge on any atom is 0.105 e. The van der Waals surface area contributed by atoms with Gasteiger partial charge in [-0.05, 0) is 52.1 Å². The van der Waals surface area contributed by atoms with E-state index in [4.69, 9.17) is 0 Å². The molecule has 0 unspecified atom stereocenters. The van der Waals surface area contributed by atoms with Crippen molar-refractivity contribution in [1.82, 2.24) is 14.9 Å². The molecule has 0 spiro atoms. The zero-order valence-corrected chi connectivity index (χ0v) is 9.79. The maximum absolute atomic E-state index is 4.33. The molecule has 1 aliphatic rings. The predicted molar refractivity (Wildman–Crippen MR) is 61.9 cm³/mol. The molecule has 0 radical (unpaired) electrons. The first kappa shape index (κ1) is 10.7. The first-order chi connectivity index (χ1) is 7.27. The third-order valence-corrected chi connectivity index (χ3v) is 3.47. The number of imidazole rings is 1. The van der Waals surface area contributed by atoms with Gasteiger partial charge < -0.3 is 9.88 Å². The van der Waals surface area contributed by atoms with E-state index in [-0.39, 0.29) is 0 Å². The third kappa shape index (κ3) is 2.59. The summed E-state index contributed by atoms with van der Waals surface area (Å²) in [4.78, 5) is 4.33. The SMILES string of the molecule is Cc1cnc(C)n1CCC1CCNCC1. The highest BCUT2D eigenvalue weighted by molar-refractivity contribution is 5.01. The Morgan fingerprint density at radius 1 is 1.40 bits per heavy atom. The number of hydrogen-bond donors (Lipinski definition) is 1. The minimum Gasteiger partial charge on any atom is -0.333 e. The molecule has 1 aromatic rings. The lowest BCUT2D eigenvalue weighted by molar-refractivity contribution is 0.336. The van der Waals surface area contributed by atoms with Gasteiger partial charge in [-0.3, -0.25) is 0 Å². The first-order valence-corrected chi connectivity index (χ1v) is 5.97. The van der Waals surface area contributed by atoms with E-state index in [2.05, 4.69) is 28.7 Å². The summed E-state index contributed by atoms with van der Waals surface area (Å²) in [6.45, 7) is 7.78. The van der Waals surface area contributed by atoms with Gasteiger partial charge in [0.05, 0.1) is 0 Å². The van der Waals surface area contributed by atoms with Gasteiger partial charge in [0, 0.05) is 18.4 Å². The summed E-state index contributed by atoms with van der Waals surface area (Å²) < 4.78 is 2.34. The van der Waals surface area contributed by atoms with E-state index in [1.165, 1.54) is 38.0 Å². The third-order valence-electron chi connectivity index (χ3n) is 3.47. The van der Waals surface area contributed by atoms with Crippen molar-refractivity contribution in [2.24, 2.45) is 5.92 Å². The lowest BCUT2D eigenvalue weighted by Gasteiger charge is -2.23. The highest BCUT2D eigenvalue weighted by atomic mass is 15.1. The van der Waals surface area contributed by atoms with Crippen LogP contribution in [0.3, 0.4) is 0 Å². The molecule has 0 saturated carbocycles. The summed E-state index contributed by atoms with van der Waals surface area (Å²) in [5.41, 5.74) is 1.29. The Hall–Kier alpha value is -0.830. The maximum atomic E-state index is 4.33. The number of piperidine rings is 1. The second-order valence-electron chi connectivity index (χ2n) is 4.58. The standard InChI is InChI=1S/C12H21N3/c1-10-9-14-11(2)15(10)8-5-12-3-6-13-7-4-12/h9,12-13H,3-8H2,1-2H3. The lowest BCUT2D eigenvalue weighted by Crippen LogP contribution is -2.28. The summed E-state index contributed by atoms with van der Waals surface area (Å²) in [5, 5.41) is 3.41. The number of rotatable bonds is 3. The zero-order valence-electron chi connectivity index (χ0n) is 9.79. The highest BCUT2D eigenvalue weighted by Crippen LogP contribution is 2.17. The molecule has 84 valence electrons. The van der Waals surface area contributed by atoms with Crippen LogP contribution in [0, 0.1) is 19.8 Å². The molecule has 1 N–H and O–H groups in total. The number of aryl methyl sites for hydroxylation is 2. The van der Waals surface area contributed by atoms with E-state index in [1.54, 1.807) is 0 Å². The molecule has 1 aliphatic heterocycles. The Morgan fingerprint density at radius 3 is 2.73 bits per heavy atom. The zero-order chi connectivity index (χ0) is 10.7. The van der Waals surface area contributed by atoms with E-state index in [1.807, 2.05) is 6.20 Å². The van der Waals surface area contributed by atoms with Crippen LogP contribution in [-0.4, -0.2) is 22.6 Å². The van der Waals surface area contributed by atoms with Gasteiger partial charge in [0.25, 0.3) is 0 Å². The molecule has 1 aromatic heterocycles. The Balaban J connectivity index is 1.87. The number of nitrogens with one attached hydrogen (secondary N) is 1. The molecule has 0 aliphatic carbocycles. The quantitative estimate of drug-likeness (QED) is 0.820. The second kappa shape index (κ2) is 4.79. The highest BCUT2D eigenvalue weighted by Gasteiger charge is 2.13. The Kier molecular flexibility index (Phi) is 3.41. The van der Waals surface area contributed by atoms with Crippen LogP contribution in [0.15, 0.2) is 6.20 Å². The van der Waals surface area contributed by atoms with Crippen LogP contribution in [0.2, 0.25) is 0 Å². The topological polar surface area (TPSA) is 29.9 Å². The fraction of sp³-hybridized carbons (Fsp3) is 0.750. The lowest BCUT2D eigenvalue weighted by atomic mass is 9.95. The number of aromatic nitrogens is 2. The van der Waals surface area contributed by atoms with E-state index < -0.39 is 0 Å². The van der Waals surface area contributed by atoms with Crippen molar-refractivity contribution in [3.05, 3.63) is 17.7 Å². The van der Waals surface area contributed by atoms with Crippen LogP contribution in [0.5, 0.6) is 0 Å². The van der Waals surface area contributed by atoms with Crippen LogP contribution >= 0.6 is 0 Å². The van der Waals surface area contributed by atoms with Crippen molar-refractivity contribution in [2.75, 3.05) is 13.1 Å². The van der Waals surface area contributed by atoms with Gasteiger partial charge in [-0.15, -0.1) is 0 Å². The largest absolute Gasteiger partial charge is 0.333 e. The van der Waals surface area contributed by atoms with Gasteiger partial charge in [-0.25, -0.2) is 4.98 Å². The van der Waals surface area contributed by atoms with Crippen LogP contribution in [0.4, 0.5) is 0 Å². The van der Waals surface area contributed by atoms with E-state index in [0.717, 1.165) is 18.3 Å². The van der Waals surface area contributed by atoms with Crippen LogP contribution in [0.25, 0.3) is 0 Å². The normalized spacial score (nSPS) is 18.3. The van der Waals surface area contributed by atoms with Gasteiger partial charge in [-0.1, -0.05) is 0 Å². The molecule has 3 heteroatoms. The van der Waals surface area contributed by atoms with Crippen molar-refractivity contribution in [3.63, 3.8) is 0 Å². The molecule has 1 saturated heterocycles. The summed E-state index contributed by atoms with van der Waals surface area (Å²) in [6, 6.07) is 0. The molecule has 0 amide bonds. The Labute approximate surface area is 91.9 Å². The molecular formula is C12H21N3. The molecule has 0 bridgehead atoms. The first-order valence-electron chi connectivity index (χ1n) is 5.97. The molecule has 2 heterocycles. The molecular weight excluding hydrogens is 186 g/mol. The van der Waals surface area contributed by atoms with Gasteiger partial charge >= 0.3 is 0 Å². The number of hydrogen-bond acceptors (Lipinski definition) is 2. The summed E-state index contributed by atoms with van der Waals surface area (Å²) in [6.07, 6.45) is 5.96. The van der Waals surface area contributed by atoms with Gasteiger partial charge in [0.2, 0.25) is 0 Å². The van der Waals surface area contributed by atoms with E-state index in [9.17, 15) is 0 Å². The molecule has 3 nitrogen and oxygen atoms in total. The van der Waals surface area contributed by atoms with Gasteiger partial charge in [-0.2, -0.15) is 0 Å². The van der Waals surface area contributed by atoms with E-state index >= 15 is 0 Å². The molecule has 1 fully saturated rings. The minimum absolute atomic E-state index is 0.910. The fourth-order valence-corrected chi connectivity index (χ4v) is 2.40. The minimum atomic E-state index is 0.910. The average Bonchev–Trinajstić information content (AvgIpc) is 2.58. The van der Waals surface area contributed by atoms with Crippen molar-refractivity contribution < 1.29 is 0 Å². The smallest absolute Gasteiger partial charge is 0.105 e. The van der Waals surface area contributed by atoms with Crippen molar-refractivity contribution in [2.45, 2.75) is 39.7 Å². The fourth-order valence-electron chi connectivity index (χ4n) is 2.40. The average molecular weight is 207 g/mol. The molecule has 0 atom stereocenters. The summed E-state index contributed by atoms with van der Waals surface area (Å²) in [7, 11) is 0. The number of nitrogens with zero attached hydrogens (tertiary/aromatic N) is 2. The second-order valence-corrected chi connectivity index (χ2v) is 4.58. The van der Waals surface area contributed by atoms with Crippen LogP contribution < -0.4 is 5.32 Å². The van der Waals surface area contributed by atoms with Crippen LogP contribution in [-0.2, 0) is 6.54 Å². The van der Waals surface area contributed by atoms with E-state index in [0.29, 0.717) is 0 Å². The Bertz CT molecular complexity index is 291. The predicted octanol–water partition coefficient (Wildman–Crippen LogP) is 1.89. The van der Waals surface area contributed by atoms with Crippen molar-refractivity contribution in [3.8, 4) is 0 Å². The summed E-state index contributed by atoms with van der Waals surface area (Å²) in [5.74, 6) is 2.06. The molecule has 15 heavy (non-hydrogen) atoms. The monoisotopic (exact) mass is 207 g/mol. The molecule has 0 aromatic carbocycles. The van der Waals surface area contributed by atoms with Crippen molar-refractivity contribution >= 4 is 0 Å². The molecule has 2 rings (SSSR count). The Morgan fingerprint density at radius 2 is 2.13 bits per heavy atom. The van der Waals surface area contributed by atoms with Crippen LogP contribution in [0.1, 0.15) is 30.8 Å². The van der Waals surface area contributed by atoms with Gasteiger partial charge in [0.15, 0.2) is 0 Å².